The molecule has 1 fully saturated rings. The van der Waals surface area contributed by atoms with E-state index in [-0.39, 0.29) is 23.9 Å². The second-order valence-electron chi connectivity index (χ2n) is 7.53. The van der Waals surface area contributed by atoms with E-state index in [0.717, 1.165) is 11.1 Å². The molecule has 7 heteroatoms. The van der Waals surface area contributed by atoms with Gasteiger partial charge in [-0.1, -0.05) is 18.2 Å². The molecule has 1 heterocycles. The predicted molar refractivity (Wildman–Crippen MR) is 118 cm³/mol. The molecule has 0 spiro atoms. The van der Waals surface area contributed by atoms with Crippen molar-refractivity contribution in [3.8, 4) is 6.07 Å². The third-order valence-electron chi connectivity index (χ3n) is 4.85. The first-order valence-electron chi connectivity index (χ1n) is 9.97. The van der Waals surface area contributed by atoms with Gasteiger partial charge in [-0.25, -0.2) is 4.39 Å². The van der Waals surface area contributed by atoms with Gasteiger partial charge in [0.1, 0.15) is 5.82 Å². The van der Waals surface area contributed by atoms with Crippen LogP contribution >= 0.6 is 11.8 Å². The summed E-state index contributed by atoms with van der Waals surface area (Å²) >= 11 is 1.50. The van der Waals surface area contributed by atoms with Crippen LogP contribution in [0.1, 0.15) is 30.5 Å². The largest absolute Gasteiger partial charge is 0.372 e. The summed E-state index contributed by atoms with van der Waals surface area (Å²) in [7, 11) is 0. The van der Waals surface area contributed by atoms with Gasteiger partial charge in [-0.2, -0.15) is 5.26 Å². The van der Waals surface area contributed by atoms with Gasteiger partial charge in [-0.05, 0) is 49.2 Å². The fourth-order valence-corrected chi connectivity index (χ4v) is 4.30. The third-order valence-corrected chi connectivity index (χ3v) is 5.85. The lowest BCUT2D eigenvalue weighted by Crippen LogP contribution is -2.45. The van der Waals surface area contributed by atoms with Crippen molar-refractivity contribution in [2.45, 2.75) is 38.4 Å². The highest BCUT2D eigenvalue weighted by atomic mass is 32.2. The summed E-state index contributed by atoms with van der Waals surface area (Å²) in [6.07, 6.45) is 0.128. The fourth-order valence-electron chi connectivity index (χ4n) is 3.48. The Morgan fingerprint density at radius 2 is 1.87 bits per heavy atom. The predicted octanol–water partition coefficient (Wildman–Crippen LogP) is 3.86. The van der Waals surface area contributed by atoms with Gasteiger partial charge in [0.05, 0.1) is 35.3 Å². The number of amides is 1. The number of carbonyl (C=O) groups excluding carboxylic acids is 1. The van der Waals surface area contributed by atoms with E-state index in [2.05, 4.69) is 11.4 Å². The van der Waals surface area contributed by atoms with Crippen LogP contribution in [0.4, 0.5) is 10.1 Å². The smallest absolute Gasteiger partial charge is 0.230 e. The number of morpholine rings is 1. The van der Waals surface area contributed by atoms with Crippen LogP contribution in [-0.4, -0.2) is 37.0 Å². The molecule has 5 nitrogen and oxygen atoms in total. The molecule has 30 heavy (non-hydrogen) atoms. The van der Waals surface area contributed by atoms with Gasteiger partial charge in [0.15, 0.2) is 0 Å². The van der Waals surface area contributed by atoms with Gasteiger partial charge >= 0.3 is 0 Å². The Morgan fingerprint density at radius 3 is 2.50 bits per heavy atom. The number of nitrogens with zero attached hydrogens (tertiary/aromatic N) is 2. The summed E-state index contributed by atoms with van der Waals surface area (Å²) in [5.41, 5.74) is 3.00. The number of nitrogens with one attached hydrogen (secondary N) is 1. The number of anilines is 1. The van der Waals surface area contributed by atoms with Crippen molar-refractivity contribution in [1.82, 2.24) is 5.32 Å². The number of carbonyl (C=O) groups is 1. The first kappa shape index (κ1) is 22.1. The van der Waals surface area contributed by atoms with Crippen molar-refractivity contribution in [3.05, 3.63) is 65.0 Å². The molecule has 1 amide bonds. The lowest BCUT2D eigenvalue weighted by atomic mass is 10.1. The summed E-state index contributed by atoms with van der Waals surface area (Å²) in [6, 6.07) is 14.5. The van der Waals surface area contributed by atoms with Crippen LogP contribution < -0.4 is 10.2 Å². The Morgan fingerprint density at radius 1 is 1.20 bits per heavy atom. The van der Waals surface area contributed by atoms with E-state index in [0.29, 0.717) is 42.4 Å². The molecule has 1 N–H and O–H groups in total. The molecular formula is C23H26FN3O2S. The van der Waals surface area contributed by atoms with E-state index >= 15 is 0 Å². The molecule has 0 saturated carbocycles. The average molecular weight is 428 g/mol. The number of thioether (sulfide) groups is 1. The van der Waals surface area contributed by atoms with Crippen molar-refractivity contribution in [1.29, 1.82) is 5.26 Å². The molecule has 1 aliphatic heterocycles. The van der Waals surface area contributed by atoms with Crippen molar-refractivity contribution in [3.63, 3.8) is 0 Å². The van der Waals surface area contributed by atoms with Gasteiger partial charge < -0.3 is 15.0 Å². The molecule has 2 atom stereocenters. The van der Waals surface area contributed by atoms with E-state index in [1.165, 1.54) is 17.8 Å². The molecular weight excluding hydrogens is 401 g/mol. The normalized spacial score (nSPS) is 18.7. The first-order chi connectivity index (χ1) is 14.4. The SMILES string of the molecule is CC1CN(c2ccc(CNC(=O)CSCc3ccc(C#N)cc3)cc2F)CC(C)O1. The molecule has 0 radical (unpaired) electrons. The Labute approximate surface area is 181 Å². The third kappa shape index (κ3) is 6.22. The van der Waals surface area contributed by atoms with Crippen LogP contribution in [0.3, 0.4) is 0 Å². The maximum absolute atomic E-state index is 14.6. The van der Waals surface area contributed by atoms with E-state index in [4.69, 9.17) is 10.00 Å². The van der Waals surface area contributed by atoms with Crippen molar-refractivity contribution in [2.24, 2.45) is 0 Å². The number of hydrogen-bond donors (Lipinski definition) is 1. The molecule has 2 aromatic rings. The summed E-state index contributed by atoms with van der Waals surface area (Å²) in [6.45, 7) is 5.60. The van der Waals surface area contributed by atoms with Crippen molar-refractivity contribution < 1.29 is 13.9 Å². The minimum absolute atomic E-state index is 0.0638. The molecule has 2 unspecified atom stereocenters. The molecule has 1 saturated heterocycles. The number of benzene rings is 2. The molecule has 2 aromatic carbocycles. The highest BCUT2D eigenvalue weighted by Gasteiger charge is 2.24. The Bertz CT molecular complexity index is 904. The highest BCUT2D eigenvalue weighted by molar-refractivity contribution is 7.99. The van der Waals surface area contributed by atoms with E-state index in [1.54, 1.807) is 18.2 Å². The van der Waals surface area contributed by atoms with Crippen LogP contribution in [0.15, 0.2) is 42.5 Å². The summed E-state index contributed by atoms with van der Waals surface area (Å²) < 4.78 is 20.3. The minimum atomic E-state index is -0.279. The zero-order chi connectivity index (χ0) is 21.5. The fraction of sp³-hybridized carbons (Fsp3) is 0.391. The maximum Gasteiger partial charge on any atom is 0.230 e. The second-order valence-corrected chi connectivity index (χ2v) is 8.51. The number of halogens is 1. The molecule has 0 aliphatic carbocycles. The Kier molecular flexibility index (Phi) is 7.72. The van der Waals surface area contributed by atoms with Crippen molar-refractivity contribution >= 4 is 23.4 Å². The number of rotatable bonds is 7. The second kappa shape index (κ2) is 10.5. The van der Waals surface area contributed by atoms with Gasteiger partial charge in [-0.15, -0.1) is 11.8 Å². The van der Waals surface area contributed by atoms with Crippen LogP contribution in [-0.2, 0) is 21.8 Å². The van der Waals surface area contributed by atoms with E-state index in [1.807, 2.05) is 36.9 Å². The number of ether oxygens (including phenoxy) is 1. The number of hydrogen-bond acceptors (Lipinski definition) is 5. The molecule has 1 aliphatic rings. The molecule has 158 valence electrons. The lowest BCUT2D eigenvalue weighted by molar-refractivity contribution is -0.118. The van der Waals surface area contributed by atoms with Crippen molar-refractivity contribution in [2.75, 3.05) is 23.7 Å². The van der Waals surface area contributed by atoms with Gasteiger partial charge in [-0.3, -0.25) is 4.79 Å². The van der Waals surface area contributed by atoms with Crippen LogP contribution in [0.5, 0.6) is 0 Å². The quantitative estimate of drug-likeness (QED) is 0.727. The summed E-state index contributed by atoms with van der Waals surface area (Å²) in [5.74, 6) is 0.649. The Balaban J connectivity index is 1.45. The zero-order valence-corrected chi connectivity index (χ0v) is 18.0. The number of nitriles is 1. The standard InChI is InChI=1S/C23H26FN3O2S/c1-16-12-27(13-17(2)29-16)22-8-7-20(9-21(22)24)11-26-23(28)15-30-14-19-5-3-18(10-25)4-6-19/h3-9,16-17H,11-15H2,1-2H3,(H,26,28). The van der Waals surface area contributed by atoms with Gasteiger partial charge in [0.2, 0.25) is 5.91 Å². The van der Waals surface area contributed by atoms with Crippen LogP contribution in [0, 0.1) is 17.1 Å². The molecule has 0 bridgehead atoms. The highest BCUT2D eigenvalue weighted by Crippen LogP contribution is 2.24. The van der Waals surface area contributed by atoms with Gasteiger partial charge in [0.25, 0.3) is 0 Å². The maximum atomic E-state index is 14.6. The van der Waals surface area contributed by atoms with Gasteiger partial charge in [0, 0.05) is 25.4 Å². The Hall–Kier alpha value is -2.56. The molecule has 0 aromatic heterocycles. The minimum Gasteiger partial charge on any atom is -0.372 e. The van der Waals surface area contributed by atoms with E-state index < -0.39 is 0 Å². The average Bonchev–Trinajstić information content (AvgIpc) is 2.72. The van der Waals surface area contributed by atoms with Crippen LogP contribution in [0.2, 0.25) is 0 Å². The monoisotopic (exact) mass is 427 g/mol. The topological polar surface area (TPSA) is 65.4 Å². The summed E-state index contributed by atoms with van der Waals surface area (Å²) in [4.78, 5) is 14.1. The zero-order valence-electron chi connectivity index (χ0n) is 17.2. The lowest BCUT2D eigenvalue weighted by Gasteiger charge is -2.37. The summed E-state index contributed by atoms with van der Waals surface area (Å²) in [5, 5.41) is 11.7. The van der Waals surface area contributed by atoms with Crippen LogP contribution in [0.25, 0.3) is 0 Å². The molecule has 3 rings (SSSR count). The first-order valence-corrected chi connectivity index (χ1v) is 11.1. The van der Waals surface area contributed by atoms with E-state index in [9.17, 15) is 9.18 Å².